The molecule has 0 aliphatic heterocycles. The summed E-state index contributed by atoms with van der Waals surface area (Å²) in [5.41, 5.74) is 1.48. The van der Waals surface area contributed by atoms with E-state index in [2.05, 4.69) is 39.3 Å². The maximum Gasteiger partial charge on any atom is 0.339 e. The van der Waals surface area contributed by atoms with Gasteiger partial charge in [-0.05, 0) is 47.1 Å². The number of rotatable bonds is 7. The van der Waals surface area contributed by atoms with Gasteiger partial charge in [-0.3, -0.25) is 4.72 Å². The number of fused-ring (bicyclic) bond motifs is 1. The van der Waals surface area contributed by atoms with E-state index in [0.717, 1.165) is 18.2 Å². The lowest BCUT2D eigenvalue weighted by molar-refractivity contribution is 0.284. The molecular formula is C25H31NO5S2. The summed E-state index contributed by atoms with van der Waals surface area (Å²) in [5, 5.41) is 0.834. The molecule has 3 aromatic carbocycles. The number of sulfonamides is 1. The van der Waals surface area contributed by atoms with Crippen LogP contribution in [0.2, 0.25) is 0 Å². The second-order valence-corrected chi connectivity index (χ2v) is 13.5. The molecule has 0 aliphatic carbocycles. The lowest BCUT2D eigenvalue weighted by Crippen LogP contribution is -2.24. The Morgan fingerprint density at radius 3 is 1.91 bits per heavy atom. The van der Waals surface area contributed by atoms with Gasteiger partial charge in [0, 0.05) is 10.8 Å². The molecule has 0 unspecified atom stereocenters. The van der Waals surface area contributed by atoms with E-state index in [9.17, 15) is 16.8 Å². The fourth-order valence-corrected chi connectivity index (χ4v) is 6.05. The first-order valence-corrected chi connectivity index (χ1v) is 13.9. The maximum absolute atomic E-state index is 13.1. The normalized spacial score (nSPS) is 13.2. The lowest BCUT2D eigenvalue weighted by atomic mass is 9.72. The van der Waals surface area contributed by atoms with Gasteiger partial charge in [-0.25, -0.2) is 8.42 Å². The van der Waals surface area contributed by atoms with E-state index in [0.29, 0.717) is 16.5 Å². The van der Waals surface area contributed by atoms with Crippen LogP contribution in [-0.4, -0.2) is 23.1 Å². The van der Waals surface area contributed by atoms with E-state index in [4.69, 9.17) is 4.18 Å². The Hall–Kier alpha value is -2.58. The maximum atomic E-state index is 13.1. The second-order valence-electron chi connectivity index (χ2n) is 10.2. The standard InChI is InChI=1S/C25H31NO5S2/c1-24(2,3)17-25(4,5)18-11-13-19(14-12-18)31-33(29,30)23-16-15-22(26-32(6,27)28)20-9-7-8-10-21(20)23/h7-16,26H,17H2,1-6H3. The summed E-state index contributed by atoms with van der Waals surface area (Å²) >= 11 is 0. The highest BCUT2D eigenvalue weighted by Crippen LogP contribution is 2.37. The topological polar surface area (TPSA) is 89.5 Å². The van der Waals surface area contributed by atoms with Gasteiger partial charge in [0.2, 0.25) is 10.0 Å². The number of anilines is 1. The Bertz CT molecular complexity index is 1370. The summed E-state index contributed by atoms with van der Waals surface area (Å²) in [4.78, 5) is -0.0331. The molecule has 0 fully saturated rings. The van der Waals surface area contributed by atoms with Gasteiger partial charge in [-0.15, -0.1) is 0 Å². The van der Waals surface area contributed by atoms with Gasteiger partial charge in [-0.2, -0.15) is 8.42 Å². The van der Waals surface area contributed by atoms with Crippen LogP contribution in [0.5, 0.6) is 5.75 Å². The molecule has 8 heteroatoms. The molecule has 33 heavy (non-hydrogen) atoms. The molecule has 0 amide bonds. The van der Waals surface area contributed by atoms with E-state index in [1.807, 2.05) is 12.1 Å². The molecule has 0 atom stereocenters. The van der Waals surface area contributed by atoms with Crippen molar-refractivity contribution >= 4 is 36.6 Å². The third-order valence-electron chi connectivity index (χ3n) is 5.26. The predicted octanol–water partition coefficient (Wildman–Crippen LogP) is 5.69. The van der Waals surface area contributed by atoms with E-state index < -0.39 is 20.1 Å². The minimum Gasteiger partial charge on any atom is -0.379 e. The van der Waals surface area contributed by atoms with Crippen LogP contribution >= 0.6 is 0 Å². The molecule has 0 heterocycles. The molecule has 0 bridgehead atoms. The van der Waals surface area contributed by atoms with E-state index >= 15 is 0 Å². The molecular weight excluding hydrogens is 458 g/mol. The Morgan fingerprint density at radius 1 is 0.788 bits per heavy atom. The van der Waals surface area contributed by atoms with Crippen LogP contribution in [0.15, 0.2) is 65.6 Å². The zero-order valence-electron chi connectivity index (χ0n) is 19.8. The van der Waals surface area contributed by atoms with E-state index in [-0.39, 0.29) is 21.5 Å². The van der Waals surface area contributed by atoms with Crippen LogP contribution < -0.4 is 8.91 Å². The van der Waals surface area contributed by atoms with Gasteiger partial charge < -0.3 is 4.18 Å². The Morgan fingerprint density at radius 2 is 1.36 bits per heavy atom. The summed E-state index contributed by atoms with van der Waals surface area (Å²) in [6.07, 6.45) is 2.01. The average Bonchev–Trinajstić information content (AvgIpc) is 2.65. The van der Waals surface area contributed by atoms with Crippen molar-refractivity contribution in [2.45, 2.75) is 51.3 Å². The Labute approximate surface area is 197 Å². The number of hydrogen-bond donors (Lipinski definition) is 1. The fourth-order valence-electron chi connectivity index (χ4n) is 4.34. The summed E-state index contributed by atoms with van der Waals surface area (Å²) in [6.45, 7) is 10.9. The van der Waals surface area contributed by atoms with Gasteiger partial charge in [-0.1, -0.05) is 71.0 Å². The van der Waals surface area contributed by atoms with Crippen LogP contribution in [0.3, 0.4) is 0 Å². The summed E-state index contributed by atoms with van der Waals surface area (Å²) < 4.78 is 57.5. The fraction of sp³-hybridized carbons (Fsp3) is 0.360. The molecule has 3 rings (SSSR count). The molecule has 0 aromatic heterocycles. The van der Waals surface area contributed by atoms with Crippen LogP contribution in [0.4, 0.5) is 5.69 Å². The monoisotopic (exact) mass is 489 g/mol. The summed E-state index contributed by atoms with van der Waals surface area (Å²) in [6, 6.07) is 16.6. The van der Waals surface area contributed by atoms with Gasteiger partial charge in [0.05, 0.1) is 11.9 Å². The SMILES string of the molecule is CC(C)(C)CC(C)(C)c1ccc(OS(=O)(=O)c2ccc(NS(C)(=O)=O)c3ccccc23)cc1. The van der Waals surface area contributed by atoms with Gasteiger partial charge in [0.25, 0.3) is 0 Å². The van der Waals surface area contributed by atoms with E-state index in [1.54, 1.807) is 36.4 Å². The zero-order chi connectivity index (χ0) is 24.7. The quantitative estimate of drug-likeness (QED) is 0.431. The highest BCUT2D eigenvalue weighted by atomic mass is 32.2. The molecule has 0 saturated carbocycles. The molecule has 0 saturated heterocycles. The molecule has 6 nitrogen and oxygen atoms in total. The molecule has 3 aromatic rings. The molecule has 0 radical (unpaired) electrons. The van der Waals surface area contributed by atoms with Crippen molar-refractivity contribution in [3.8, 4) is 5.75 Å². The largest absolute Gasteiger partial charge is 0.379 e. The Kier molecular flexibility index (Phi) is 6.56. The highest BCUT2D eigenvalue weighted by molar-refractivity contribution is 7.92. The van der Waals surface area contributed by atoms with Crippen molar-refractivity contribution in [2.75, 3.05) is 11.0 Å². The number of nitrogens with one attached hydrogen (secondary N) is 1. The predicted molar refractivity (Wildman–Crippen MR) is 134 cm³/mol. The van der Waals surface area contributed by atoms with Gasteiger partial charge in [0.15, 0.2) is 0 Å². The van der Waals surface area contributed by atoms with Crippen LogP contribution in [0.1, 0.15) is 46.6 Å². The van der Waals surface area contributed by atoms with Crippen molar-refractivity contribution in [1.82, 2.24) is 0 Å². The zero-order valence-corrected chi connectivity index (χ0v) is 21.5. The number of hydrogen-bond acceptors (Lipinski definition) is 5. The summed E-state index contributed by atoms with van der Waals surface area (Å²) in [5.74, 6) is 0.215. The minimum absolute atomic E-state index is 0.0331. The van der Waals surface area contributed by atoms with Crippen molar-refractivity contribution in [3.63, 3.8) is 0 Å². The van der Waals surface area contributed by atoms with E-state index in [1.165, 1.54) is 12.1 Å². The first kappa shape index (κ1) is 25.1. The van der Waals surface area contributed by atoms with Crippen molar-refractivity contribution in [3.05, 3.63) is 66.2 Å². The first-order valence-electron chi connectivity index (χ1n) is 10.6. The lowest BCUT2D eigenvalue weighted by Gasteiger charge is -2.33. The molecule has 0 aliphatic rings. The second kappa shape index (κ2) is 8.65. The van der Waals surface area contributed by atoms with Crippen LogP contribution in [0, 0.1) is 5.41 Å². The smallest absolute Gasteiger partial charge is 0.339 e. The van der Waals surface area contributed by atoms with Crippen molar-refractivity contribution in [2.24, 2.45) is 5.41 Å². The van der Waals surface area contributed by atoms with Crippen molar-refractivity contribution in [1.29, 1.82) is 0 Å². The van der Waals surface area contributed by atoms with Gasteiger partial charge in [0.1, 0.15) is 10.6 Å². The minimum atomic E-state index is -4.15. The number of benzene rings is 3. The van der Waals surface area contributed by atoms with Crippen molar-refractivity contribution < 1.29 is 21.0 Å². The Balaban J connectivity index is 1.94. The third kappa shape index (κ3) is 6.26. The molecule has 178 valence electrons. The van der Waals surface area contributed by atoms with Gasteiger partial charge >= 0.3 is 10.1 Å². The van der Waals surface area contributed by atoms with Crippen LogP contribution in [0.25, 0.3) is 10.8 Å². The first-order chi connectivity index (χ1) is 15.1. The summed E-state index contributed by atoms with van der Waals surface area (Å²) in [7, 11) is -7.68. The molecule has 0 spiro atoms. The third-order valence-corrected chi connectivity index (χ3v) is 7.16. The van der Waals surface area contributed by atoms with Crippen LogP contribution in [-0.2, 0) is 25.6 Å². The molecule has 1 N–H and O–H groups in total. The average molecular weight is 490 g/mol. The highest BCUT2D eigenvalue weighted by Gasteiger charge is 2.28.